The average Bonchev–Trinajstić information content (AvgIpc) is 2.39. The fraction of sp³-hybridized carbons (Fsp3) is 0.200. The van der Waals surface area contributed by atoms with Crippen LogP contribution in [0.4, 0.5) is 8.78 Å². The minimum atomic E-state index is -0.224. The smallest absolute Gasteiger partial charge is 0.127 e. The topological polar surface area (TPSA) is 12.0 Å². The van der Waals surface area contributed by atoms with E-state index in [0.29, 0.717) is 12.1 Å². The van der Waals surface area contributed by atoms with E-state index in [4.69, 9.17) is 0 Å². The maximum Gasteiger partial charge on any atom is 0.127 e. The minimum Gasteiger partial charge on any atom is -0.312 e. The normalized spacial score (nSPS) is 10.0. The van der Waals surface area contributed by atoms with Crippen molar-refractivity contribution in [2.24, 2.45) is 0 Å². The lowest BCUT2D eigenvalue weighted by Crippen LogP contribution is -2.17. The van der Waals surface area contributed by atoms with Crippen molar-refractivity contribution in [3.8, 4) is 0 Å². The van der Waals surface area contributed by atoms with Crippen LogP contribution in [0.3, 0.4) is 0 Å². The molecule has 0 fully saturated rings. The van der Waals surface area contributed by atoms with E-state index >= 15 is 0 Å². The zero-order valence-electron chi connectivity index (χ0n) is 10.4. The quantitative estimate of drug-likeness (QED) is 0.825. The molecule has 1 nitrogen and oxygen atoms in total. The number of hydrogen-bond acceptors (Lipinski definition) is 1. The summed E-state index contributed by atoms with van der Waals surface area (Å²) in [6, 6.07) is 13.1. The summed E-state index contributed by atoms with van der Waals surface area (Å²) >= 11 is 0. The Morgan fingerprint density at radius 2 is 1.58 bits per heavy atom. The van der Waals surface area contributed by atoms with Gasteiger partial charge in [0.05, 0.1) is 0 Å². The Balaban J connectivity index is 0.00000180. The second kappa shape index (κ2) is 7.87. The van der Waals surface area contributed by atoms with Gasteiger partial charge in [-0.3, -0.25) is 0 Å². The first-order chi connectivity index (χ1) is 8.75. The molecule has 0 radical (unpaired) electrons. The first-order valence-corrected chi connectivity index (χ1v) is 5.94. The lowest BCUT2D eigenvalue weighted by Gasteiger charge is -2.06. The lowest BCUT2D eigenvalue weighted by atomic mass is 10.1. The first kappa shape index (κ1) is 15.6. The summed E-state index contributed by atoms with van der Waals surface area (Å²) in [7, 11) is 0. The van der Waals surface area contributed by atoms with Gasteiger partial charge in [-0.15, -0.1) is 12.4 Å². The third-order valence-electron chi connectivity index (χ3n) is 2.78. The van der Waals surface area contributed by atoms with Crippen LogP contribution in [-0.4, -0.2) is 6.54 Å². The van der Waals surface area contributed by atoms with Crippen LogP contribution in [0.25, 0.3) is 0 Å². The van der Waals surface area contributed by atoms with Gasteiger partial charge < -0.3 is 5.32 Å². The van der Waals surface area contributed by atoms with Gasteiger partial charge in [-0.2, -0.15) is 0 Å². The molecule has 0 aliphatic carbocycles. The molecule has 0 saturated carbocycles. The van der Waals surface area contributed by atoms with Crippen molar-refractivity contribution >= 4 is 12.4 Å². The van der Waals surface area contributed by atoms with E-state index in [-0.39, 0.29) is 24.0 Å². The van der Waals surface area contributed by atoms with Crippen LogP contribution in [0.1, 0.15) is 11.1 Å². The van der Waals surface area contributed by atoms with Gasteiger partial charge in [0.2, 0.25) is 0 Å². The van der Waals surface area contributed by atoms with Crippen molar-refractivity contribution in [1.29, 1.82) is 0 Å². The van der Waals surface area contributed by atoms with Gasteiger partial charge in [0.1, 0.15) is 11.6 Å². The monoisotopic (exact) mass is 283 g/mol. The highest BCUT2D eigenvalue weighted by atomic mass is 35.5. The first-order valence-electron chi connectivity index (χ1n) is 5.94. The Bertz CT molecular complexity index is 500. The number of benzene rings is 2. The number of nitrogens with one attached hydrogen (secondary N) is 1. The van der Waals surface area contributed by atoms with E-state index in [0.717, 1.165) is 18.5 Å². The van der Waals surface area contributed by atoms with Gasteiger partial charge >= 0.3 is 0 Å². The van der Waals surface area contributed by atoms with Gasteiger partial charge in [-0.1, -0.05) is 30.3 Å². The van der Waals surface area contributed by atoms with Gasteiger partial charge in [-0.25, -0.2) is 8.78 Å². The third-order valence-corrected chi connectivity index (χ3v) is 2.78. The Morgan fingerprint density at radius 3 is 2.26 bits per heavy atom. The molecule has 0 heterocycles. The van der Waals surface area contributed by atoms with Gasteiger partial charge in [-0.05, 0) is 36.7 Å². The van der Waals surface area contributed by atoms with Gasteiger partial charge in [0.15, 0.2) is 0 Å². The van der Waals surface area contributed by atoms with Gasteiger partial charge in [0.25, 0.3) is 0 Å². The standard InChI is InChI=1S/C15H15F2N.ClH/c16-14-7-5-12(6-8-14)9-10-18-11-13-3-1-2-4-15(13)17;/h1-8,18H,9-11H2;1H. The molecule has 0 bridgehead atoms. The maximum absolute atomic E-state index is 13.3. The van der Waals surface area contributed by atoms with Crippen LogP contribution in [0.5, 0.6) is 0 Å². The Hall–Kier alpha value is -1.45. The van der Waals surface area contributed by atoms with Crippen molar-refractivity contribution < 1.29 is 8.78 Å². The molecule has 0 atom stereocenters. The second-order valence-corrected chi connectivity index (χ2v) is 4.14. The van der Waals surface area contributed by atoms with E-state index in [2.05, 4.69) is 5.32 Å². The molecule has 0 saturated heterocycles. The van der Waals surface area contributed by atoms with E-state index < -0.39 is 0 Å². The molecule has 0 aliphatic rings. The van der Waals surface area contributed by atoms with Crippen molar-refractivity contribution in [1.82, 2.24) is 5.32 Å². The summed E-state index contributed by atoms with van der Waals surface area (Å²) < 4.78 is 26.0. The number of halogens is 3. The predicted molar refractivity (Wildman–Crippen MR) is 75.5 cm³/mol. The summed E-state index contributed by atoms with van der Waals surface area (Å²) in [5.74, 6) is -0.412. The molecular formula is C15H16ClF2N. The predicted octanol–water partition coefficient (Wildman–Crippen LogP) is 3.72. The molecule has 1 N–H and O–H groups in total. The molecular weight excluding hydrogens is 268 g/mol. The Kier molecular flexibility index (Phi) is 6.46. The molecule has 4 heteroatoms. The molecule has 102 valence electrons. The molecule has 0 spiro atoms. The highest BCUT2D eigenvalue weighted by Crippen LogP contribution is 2.06. The third kappa shape index (κ3) is 4.97. The molecule has 0 amide bonds. The molecule has 0 unspecified atom stereocenters. The Morgan fingerprint density at radius 1 is 0.895 bits per heavy atom. The minimum absolute atomic E-state index is 0. The van der Waals surface area contributed by atoms with Crippen LogP contribution in [0.2, 0.25) is 0 Å². The fourth-order valence-electron chi connectivity index (χ4n) is 1.75. The maximum atomic E-state index is 13.3. The molecule has 2 aromatic carbocycles. The number of rotatable bonds is 5. The second-order valence-electron chi connectivity index (χ2n) is 4.14. The van der Waals surface area contributed by atoms with Crippen LogP contribution >= 0.6 is 12.4 Å². The van der Waals surface area contributed by atoms with Crippen LogP contribution in [-0.2, 0) is 13.0 Å². The fourth-order valence-corrected chi connectivity index (χ4v) is 1.75. The lowest BCUT2D eigenvalue weighted by molar-refractivity contribution is 0.588. The largest absolute Gasteiger partial charge is 0.312 e. The highest BCUT2D eigenvalue weighted by molar-refractivity contribution is 5.85. The van der Waals surface area contributed by atoms with Crippen LogP contribution < -0.4 is 5.32 Å². The van der Waals surface area contributed by atoms with Crippen molar-refractivity contribution in [2.45, 2.75) is 13.0 Å². The summed E-state index contributed by atoms with van der Waals surface area (Å²) in [5.41, 5.74) is 1.73. The zero-order valence-corrected chi connectivity index (χ0v) is 11.2. The van der Waals surface area contributed by atoms with E-state index in [9.17, 15) is 8.78 Å². The summed E-state index contributed by atoms with van der Waals surface area (Å²) in [6.07, 6.45) is 0.800. The molecule has 0 aliphatic heterocycles. The average molecular weight is 284 g/mol. The highest BCUT2D eigenvalue weighted by Gasteiger charge is 1.99. The van der Waals surface area contributed by atoms with Crippen molar-refractivity contribution in [2.75, 3.05) is 6.54 Å². The van der Waals surface area contributed by atoms with Crippen molar-refractivity contribution in [3.05, 3.63) is 71.3 Å². The zero-order chi connectivity index (χ0) is 12.8. The SMILES string of the molecule is Cl.Fc1ccc(CCNCc2ccccc2F)cc1. The van der Waals surface area contributed by atoms with E-state index in [1.54, 1.807) is 24.3 Å². The van der Waals surface area contributed by atoms with Crippen LogP contribution in [0, 0.1) is 11.6 Å². The van der Waals surface area contributed by atoms with E-state index in [1.807, 2.05) is 6.07 Å². The Labute approximate surface area is 118 Å². The number of hydrogen-bond donors (Lipinski definition) is 1. The molecule has 2 aromatic rings. The summed E-state index contributed by atoms with van der Waals surface area (Å²) in [5, 5.41) is 3.17. The van der Waals surface area contributed by atoms with E-state index in [1.165, 1.54) is 18.2 Å². The van der Waals surface area contributed by atoms with Gasteiger partial charge in [0, 0.05) is 12.1 Å². The molecule has 19 heavy (non-hydrogen) atoms. The molecule has 0 aromatic heterocycles. The summed E-state index contributed by atoms with van der Waals surface area (Å²) in [6.45, 7) is 1.24. The molecule has 2 rings (SSSR count). The van der Waals surface area contributed by atoms with Crippen molar-refractivity contribution in [3.63, 3.8) is 0 Å². The summed E-state index contributed by atoms with van der Waals surface area (Å²) in [4.78, 5) is 0. The van der Waals surface area contributed by atoms with Crippen LogP contribution in [0.15, 0.2) is 48.5 Å².